The summed E-state index contributed by atoms with van der Waals surface area (Å²) in [5.74, 6) is 0. The van der Waals surface area contributed by atoms with Crippen LogP contribution in [0.1, 0.15) is 5.56 Å². The molecule has 0 fully saturated rings. The third-order valence-corrected chi connectivity index (χ3v) is 1.19. The highest BCUT2D eigenvalue weighted by atomic mass is 16.1. The molecule has 0 atom stereocenters. The van der Waals surface area contributed by atoms with Crippen LogP contribution < -0.4 is 0 Å². The zero-order chi connectivity index (χ0) is 7.94. The summed E-state index contributed by atoms with van der Waals surface area (Å²) >= 11 is 0. The lowest BCUT2D eigenvalue weighted by Crippen LogP contribution is -1.66. The molecule has 2 nitrogen and oxygen atoms in total. The van der Waals surface area contributed by atoms with Crippen LogP contribution >= 0.6 is 0 Å². The molecule has 0 radical (unpaired) electrons. The number of hydrogen-bond donors (Lipinski definition) is 0. The fourth-order valence-corrected chi connectivity index (χ4v) is 0.718. The number of isocyanates is 1. The summed E-state index contributed by atoms with van der Waals surface area (Å²) in [5, 5.41) is 0. The lowest BCUT2D eigenvalue weighted by molar-refractivity contribution is 0.565. The van der Waals surface area contributed by atoms with E-state index < -0.39 is 0 Å². The Balaban J connectivity index is 2.72. The van der Waals surface area contributed by atoms with Gasteiger partial charge in [0.15, 0.2) is 0 Å². The molecule has 0 aromatic heterocycles. The number of nitrogens with zero attached hydrogens (tertiary/aromatic N) is 1. The lowest BCUT2D eigenvalue weighted by Gasteiger charge is -1.86. The Morgan fingerprint density at radius 1 is 1.27 bits per heavy atom. The standard InChI is InChI=1S/C9H7NO/c11-8-10-7-6-9-4-2-1-3-5-9/h1-7H. The fourth-order valence-electron chi connectivity index (χ4n) is 0.718. The average molecular weight is 145 g/mol. The van der Waals surface area contributed by atoms with E-state index in [9.17, 15) is 4.79 Å². The molecule has 0 saturated carbocycles. The van der Waals surface area contributed by atoms with Crippen molar-refractivity contribution in [2.75, 3.05) is 0 Å². The highest BCUT2D eigenvalue weighted by Gasteiger charge is 1.79. The van der Waals surface area contributed by atoms with E-state index >= 15 is 0 Å². The summed E-state index contributed by atoms with van der Waals surface area (Å²) in [6, 6.07) is 9.63. The van der Waals surface area contributed by atoms with Gasteiger partial charge in [-0.2, -0.15) is 4.99 Å². The predicted molar refractivity (Wildman–Crippen MR) is 43.6 cm³/mol. The zero-order valence-electron chi connectivity index (χ0n) is 5.90. The molecule has 0 spiro atoms. The molecular weight excluding hydrogens is 138 g/mol. The van der Waals surface area contributed by atoms with Crippen molar-refractivity contribution in [3.8, 4) is 0 Å². The molecule has 54 valence electrons. The maximum Gasteiger partial charge on any atom is 0.239 e. The van der Waals surface area contributed by atoms with Gasteiger partial charge in [-0.3, -0.25) is 0 Å². The number of aliphatic imine (C=N–C) groups is 1. The lowest BCUT2D eigenvalue weighted by atomic mass is 10.2. The normalized spacial score (nSPS) is 9.45. The van der Waals surface area contributed by atoms with E-state index in [0.29, 0.717) is 0 Å². The van der Waals surface area contributed by atoms with Crippen molar-refractivity contribution in [2.24, 2.45) is 4.99 Å². The first kappa shape index (κ1) is 7.45. The monoisotopic (exact) mass is 145 g/mol. The molecule has 11 heavy (non-hydrogen) atoms. The van der Waals surface area contributed by atoms with Crippen LogP contribution in [0.3, 0.4) is 0 Å². The summed E-state index contributed by atoms with van der Waals surface area (Å²) in [4.78, 5) is 12.9. The van der Waals surface area contributed by atoms with Gasteiger partial charge < -0.3 is 0 Å². The Kier molecular flexibility index (Phi) is 2.85. The van der Waals surface area contributed by atoms with E-state index in [1.807, 2.05) is 30.3 Å². The third kappa shape index (κ3) is 2.61. The van der Waals surface area contributed by atoms with Gasteiger partial charge in [-0.15, -0.1) is 0 Å². The fraction of sp³-hybridized carbons (Fsp3) is 0. The van der Waals surface area contributed by atoms with Crippen molar-refractivity contribution in [3.05, 3.63) is 42.1 Å². The molecule has 1 rings (SSSR count). The highest BCUT2D eigenvalue weighted by molar-refractivity contribution is 5.50. The minimum absolute atomic E-state index is 1.02. The largest absolute Gasteiger partial charge is 0.239 e. The molecule has 0 aliphatic rings. The number of hydrogen-bond acceptors (Lipinski definition) is 2. The second kappa shape index (κ2) is 4.20. The van der Waals surface area contributed by atoms with Gasteiger partial charge in [-0.1, -0.05) is 30.3 Å². The van der Waals surface area contributed by atoms with E-state index in [1.54, 1.807) is 6.08 Å². The van der Waals surface area contributed by atoms with Crippen LogP contribution in [0.25, 0.3) is 6.08 Å². The molecule has 0 aliphatic heterocycles. The van der Waals surface area contributed by atoms with Crippen molar-refractivity contribution >= 4 is 12.2 Å². The summed E-state index contributed by atoms with van der Waals surface area (Å²) < 4.78 is 0. The van der Waals surface area contributed by atoms with Gasteiger partial charge in [0.1, 0.15) is 0 Å². The predicted octanol–water partition coefficient (Wildman–Crippen LogP) is 1.99. The molecule has 1 aromatic carbocycles. The van der Waals surface area contributed by atoms with Crippen molar-refractivity contribution < 1.29 is 4.79 Å². The van der Waals surface area contributed by atoms with Crippen molar-refractivity contribution in [3.63, 3.8) is 0 Å². The van der Waals surface area contributed by atoms with Crippen LogP contribution in [0.2, 0.25) is 0 Å². The Labute approximate surface area is 64.9 Å². The van der Waals surface area contributed by atoms with Crippen molar-refractivity contribution in [1.29, 1.82) is 0 Å². The number of benzene rings is 1. The Hall–Kier alpha value is -1.66. The number of rotatable bonds is 2. The van der Waals surface area contributed by atoms with Crippen LogP contribution in [-0.2, 0) is 4.79 Å². The first-order chi connectivity index (χ1) is 5.43. The van der Waals surface area contributed by atoms with Gasteiger partial charge in [-0.25, -0.2) is 4.79 Å². The Morgan fingerprint density at radius 2 is 2.00 bits per heavy atom. The summed E-state index contributed by atoms with van der Waals surface area (Å²) in [7, 11) is 0. The number of carbonyl (C=O) groups excluding carboxylic acids is 1. The maximum absolute atomic E-state index is 9.65. The molecule has 2 heteroatoms. The van der Waals surface area contributed by atoms with Gasteiger partial charge >= 0.3 is 0 Å². The van der Waals surface area contributed by atoms with Crippen molar-refractivity contribution in [2.45, 2.75) is 0 Å². The van der Waals surface area contributed by atoms with E-state index in [4.69, 9.17) is 0 Å². The van der Waals surface area contributed by atoms with E-state index in [2.05, 4.69) is 4.99 Å². The van der Waals surface area contributed by atoms with E-state index in [1.165, 1.54) is 12.3 Å². The highest BCUT2D eigenvalue weighted by Crippen LogP contribution is 1.99. The smallest absolute Gasteiger partial charge is 0.211 e. The van der Waals surface area contributed by atoms with E-state index in [-0.39, 0.29) is 0 Å². The molecule has 0 amide bonds. The van der Waals surface area contributed by atoms with Gasteiger partial charge in [0.05, 0.1) is 0 Å². The van der Waals surface area contributed by atoms with Crippen LogP contribution in [0, 0.1) is 0 Å². The first-order valence-corrected chi connectivity index (χ1v) is 3.22. The van der Waals surface area contributed by atoms with Crippen molar-refractivity contribution in [1.82, 2.24) is 0 Å². The van der Waals surface area contributed by atoms with Gasteiger partial charge in [-0.05, 0) is 11.6 Å². The molecule has 0 aliphatic carbocycles. The van der Waals surface area contributed by atoms with Gasteiger partial charge in [0, 0.05) is 6.20 Å². The summed E-state index contributed by atoms with van der Waals surface area (Å²) in [6.07, 6.45) is 4.59. The quantitative estimate of drug-likeness (QED) is 0.462. The summed E-state index contributed by atoms with van der Waals surface area (Å²) in [5.41, 5.74) is 1.02. The second-order valence-electron chi connectivity index (χ2n) is 1.95. The second-order valence-corrected chi connectivity index (χ2v) is 1.95. The molecule has 1 aromatic rings. The molecular formula is C9H7NO. The first-order valence-electron chi connectivity index (χ1n) is 3.22. The van der Waals surface area contributed by atoms with Crippen LogP contribution in [0.5, 0.6) is 0 Å². The Morgan fingerprint density at radius 3 is 2.64 bits per heavy atom. The minimum atomic E-state index is 1.02. The average Bonchev–Trinajstić information content (AvgIpc) is 2.07. The van der Waals surface area contributed by atoms with Gasteiger partial charge in [0.25, 0.3) is 0 Å². The van der Waals surface area contributed by atoms with Crippen LogP contribution in [0.4, 0.5) is 0 Å². The topological polar surface area (TPSA) is 29.4 Å². The van der Waals surface area contributed by atoms with Crippen LogP contribution in [-0.4, -0.2) is 6.08 Å². The zero-order valence-corrected chi connectivity index (χ0v) is 5.90. The molecule has 0 N–H and O–H groups in total. The molecule has 0 unspecified atom stereocenters. The molecule has 0 saturated heterocycles. The van der Waals surface area contributed by atoms with E-state index in [0.717, 1.165) is 5.56 Å². The summed E-state index contributed by atoms with van der Waals surface area (Å²) in [6.45, 7) is 0. The molecule has 0 bridgehead atoms. The van der Waals surface area contributed by atoms with Gasteiger partial charge in [0.2, 0.25) is 6.08 Å². The SMILES string of the molecule is O=C=NC=Cc1ccccc1. The molecule has 0 heterocycles. The Bertz CT molecular complexity index is 284. The maximum atomic E-state index is 9.65. The minimum Gasteiger partial charge on any atom is -0.211 e. The third-order valence-electron chi connectivity index (χ3n) is 1.19. The van der Waals surface area contributed by atoms with Crippen LogP contribution in [0.15, 0.2) is 41.5 Å².